The molecule has 0 atom stereocenters. The van der Waals surface area contributed by atoms with Gasteiger partial charge in [0, 0.05) is 32.7 Å². The largest absolute Gasteiger partial charge is 0.383 e. The standard InChI is InChI=1S/C13H19IN2O2S/c1-4-13(5-2,19-3)9-15-12-7-6-10(16(17)18)8-11(12)14/h6-8,15H,4-5,9H2,1-3H3. The van der Waals surface area contributed by atoms with Gasteiger partial charge in [0.1, 0.15) is 0 Å². The molecule has 1 aromatic rings. The summed E-state index contributed by atoms with van der Waals surface area (Å²) in [5.41, 5.74) is 1.10. The summed E-state index contributed by atoms with van der Waals surface area (Å²) in [7, 11) is 0. The second kappa shape index (κ2) is 7.33. The van der Waals surface area contributed by atoms with Gasteiger partial charge in [0.05, 0.1) is 4.92 Å². The SMILES string of the molecule is CCC(CC)(CNc1ccc([N+](=O)[O-])cc1I)SC. The molecule has 0 amide bonds. The van der Waals surface area contributed by atoms with E-state index in [-0.39, 0.29) is 15.4 Å². The van der Waals surface area contributed by atoms with Crippen LogP contribution in [0.25, 0.3) is 0 Å². The van der Waals surface area contributed by atoms with Crippen LogP contribution in [0.5, 0.6) is 0 Å². The molecule has 19 heavy (non-hydrogen) atoms. The highest BCUT2D eigenvalue weighted by Gasteiger charge is 2.24. The highest BCUT2D eigenvalue weighted by atomic mass is 127. The van der Waals surface area contributed by atoms with Crippen molar-refractivity contribution in [2.24, 2.45) is 0 Å². The monoisotopic (exact) mass is 394 g/mol. The van der Waals surface area contributed by atoms with Gasteiger partial charge in [0.2, 0.25) is 0 Å². The maximum Gasteiger partial charge on any atom is 0.270 e. The Labute approximate surface area is 132 Å². The van der Waals surface area contributed by atoms with E-state index in [9.17, 15) is 10.1 Å². The van der Waals surface area contributed by atoms with Crippen LogP contribution >= 0.6 is 34.4 Å². The number of rotatable bonds is 7. The van der Waals surface area contributed by atoms with E-state index in [1.54, 1.807) is 18.2 Å². The lowest BCUT2D eigenvalue weighted by atomic mass is 10.0. The van der Waals surface area contributed by atoms with Crippen molar-refractivity contribution in [2.75, 3.05) is 18.1 Å². The summed E-state index contributed by atoms with van der Waals surface area (Å²) in [6.07, 6.45) is 4.33. The highest BCUT2D eigenvalue weighted by Crippen LogP contribution is 2.32. The Morgan fingerprint density at radius 2 is 2.05 bits per heavy atom. The van der Waals surface area contributed by atoms with Crippen LogP contribution < -0.4 is 5.32 Å². The number of benzene rings is 1. The Morgan fingerprint density at radius 1 is 1.42 bits per heavy atom. The van der Waals surface area contributed by atoms with Crippen molar-refractivity contribution in [2.45, 2.75) is 31.4 Å². The molecule has 0 aliphatic carbocycles. The molecule has 0 spiro atoms. The van der Waals surface area contributed by atoms with E-state index in [1.165, 1.54) is 0 Å². The fraction of sp³-hybridized carbons (Fsp3) is 0.538. The molecule has 106 valence electrons. The normalized spacial score (nSPS) is 11.4. The molecule has 4 nitrogen and oxygen atoms in total. The maximum atomic E-state index is 10.7. The third kappa shape index (κ3) is 4.24. The summed E-state index contributed by atoms with van der Waals surface area (Å²) in [6, 6.07) is 4.93. The quantitative estimate of drug-likeness (QED) is 0.419. The number of anilines is 1. The lowest BCUT2D eigenvalue weighted by molar-refractivity contribution is -0.384. The number of thioether (sulfide) groups is 1. The van der Waals surface area contributed by atoms with Gasteiger partial charge in [-0.05, 0) is 47.8 Å². The van der Waals surface area contributed by atoms with Gasteiger partial charge in [-0.2, -0.15) is 11.8 Å². The first-order chi connectivity index (χ1) is 8.98. The lowest BCUT2D eigenvalue weighted by Crippen LogP contribution is -2.32. The number of non-ortho nitro benzene ring substituents is 1. The van der Waals surface area contributed by atoms with E-state index in [4.69, 9.17) is 0 Å². The van der Waals surface area contributed by atoms with Crippen LogP contribution in [0, 0.1) is 13.7 Å². The molecule has 1 N–H and O–H groups in total. The van der Waals surface area contributed by atoms with Crippen molar-refractivity contribution in [3.63, 3.8) is 0 Å². The van der Waals surface area contributed by atoms with Crippen LogP contribution in [0.1, 0.15) is 26.7 Å². The van der Waals surface area contributed by atoms with Gasteiger partial charge in [-0.3, -0.25) is 10.1 Å². The molecule has 0 heterocycles. The van der Waals surface area contributed by atoms with Crippen LogP contribution in [0.2, 0.25) is 0 Å². The predicted molar refractivity (Wildman–Crippen MR) is 91.1 cm³/mol. The smallest absolute Gasteiger partial charge is 0.270 e. The Hall–Kier alpha value is -0.500. The maximum absolute atomic E-state index is 10.7. The first-order valence-electron chi connectivity index (χ1n) is 6.21. The van der Waals surface area contributed by atoms with Gasteiger partial charge in [0.15, 0.2) is 0 Å². The second-order valence-corrected chi connectivity index (χ2v) is 6.81. The van der Waals surface area contributed by atoms with Crippen LogP contribution in [0.3, 0.4) is 0 Å². The highest BCUT2D eigenvalue weighted by molar-refractivity contribution is 14.1. The molecule has 0 aliphatic heterocycles. The van der Waals surface area contributed by atoms with Gasteiger partial charge in [-0.25, -0.2) is 0 Å². The second-order valence-electron chi connectivity index (χ2n) is 4.37. The third-order valence-corrected chi connectivity index (χ3v) is 5.97. The number of nitro benzene ring substituents is 1. The molecule has 0 fully saturated rings. The zero-order valence-corrected chi connectivity index (χ0v) is 14.4. The Kier molecular flexibility index (Phi) is 6.38. The van der Waals surface area contributed by atoms with Gasteiger partial charge < -0.3 is 5.32 Å². The summed E-state index contributed by atoms with van der Waals surface area (Å²) < 4.78 is 1.11. The molecular weight excluding hydrogens is 375 g/mol. The topological polar surface area (TPSA) is 55.2 Å². The minimum absolute atomic E-state index is 0.136. The van der Waals surface area contributed by atoms with E-state index in [2.05, 4.69) is 48.0 Å². The van der Waals surface area contributed by atoms with Gasteiger partial charge >= 0.3 is 0 Å². The Balaban J connectivity index is 2.80. The van der Waals surface area contributed by atoms with Crippen molar-refractivity contribution in [3.05, 3.63) is 31.9 Å². The van der Waals surface area contributed by atoms with Crippen molar-refractivity contribution < 1.29 is 4.92 Å². The van der Waals surface area contributed by atoms with Crippen LogP contribution in [0.4, 0.5) is 11.4 Å². The van der Waals surface area contributed by atoms with E-state index in [0.717, 1.165) is 28.6 Å². The molecule has 0 aromatic heterocycles. The van der Waals surface area contributed by atoms with Gasteiger partial charge in [-0.15, -0.1) is 0 Å². The minimum atomic E-state index is -0.365. The molecule has 0 saturated carbocycles. The molecule has 0 saturated heterocycles. The van der Waals surface area contributed by atoms with Crippen molar-refractivity contribution in [3.8, 4) is 0 Å². The molecule has 0 bridgehead atoms. The molecular formula is C13H19IN2O2S. The molecule has 1 aromatic carbocycles. The summed E-state index contributed by atoms with van der Waals surface area (Å²) in [6.45, 7) is 5.26. The zero-order chi connectivity index (χ0) is 14.5. The van der Waals surface area contributed by atoms with Crippen molar-refractivity contribution >= 4 is 45.7 Å². The average molecular weight is 394 g/mol. The summed E-state index contributed by atoms with van der Waals surface area (Å²) >= 11 is 4.01. The number of nitrogens with one attached hydrogen (secondary N) is 1. The van der Waals surface area contributed by atoms with Crippen molar-refractivity contribution in [1.82, 2.24) is 0 Å². The predicted octanol–water partition coefficient (Wildman–Crippen LogP) is 4.53. The number of halogens is 1. The van der Waals surface area contributed by atoms with Crippen molar-refractivity contribution in [1.29, 1.82) is 0 Å². The van der Waals surface area contributed by atoms with Gasteiger partial charge in [-0.1, -0.05) is 13.8 Å². The zero-order valence-electron chi connectivity index (χ0n) is 11.4. The number of nitrogens with zero attached hydrogens (tertiary/aromatic N) is 1. The van der Waals surface area contributed by atoms with E-state index in [1.807, 2.05) is 11.8 Å². The fourth-order valence-corrected chi connectivity index (χ4v) is 3.36. The Bertz CT molecular complexity index is 442. The molecule has 0 unspecified atom stereocenters. The summed E-state index contributed by atoms with van der Waals surface area (Å²) in [5, 5.41) is 14.1. The third-order valence-electron chi connectivity index (χ3n) is 3.49. The average Bonchev–Trinajstić information content (AvgIpc) is 2.42. The number of hydrogen-bond acceptors (Lipinski definition) is 4. The summed E-state index contributed by atoms with van der Waals surface area (Å²) in [4.78, 5) is 10.3. The first-order valence-corrected chi connectivity index (χ1v) is 8.51. The lowest BCUT2D eigenvalue weighted by Gasteiger charge is -2.30. The Morgan fingerprint density at radius 3 is 2.47 bits per heavy atom. The van der Waals surface area contributed by atoms with Gasteiger partial charge in [0.25, 0.3) is 5.69 Å². The van der Waals surface area contributed by atoms with E-state index >= 15 is 0 Å². The molecule has 6 heteroatoms. The number of hydrogen-bond donors (Lipinski definition) is 1. The van der Waals surface area contributed by atoms with Crippen LogP contribution in [0.15, 0.2) is 18.2 Å². The first kappa shape index (κ1) is 16.6. The van der Waals surface area contributed by atoms with E-state index in [0.29, 0.717) is 0 Å². The fourth-order valence-electron chi connectivity index (χ4n) is 1.88. The molecule has 0 aliphatic rings. The molecule has 0 radical (unpaired) electrons. The minimum Gasteiger partial charge on any atom is -0.383 e. The molecule has 1 rings (SSSR count). The summed E-state index contributed by atoms with van der Waals surface area (Å²) in [5.74, 6) is 0. The number of nitro groups is 1. The van der Waals surface area contributed by atoms with Crippen LogP contribution in [-0.4, -0.2) is 22.5 Å². The van der Waals surface area contributed by atoms with Crippen LogP contribution in [-0.2, 0) is 0 Å². The van der Waals surface area contributed by atoms with E-state index < -0.39 is 0 Å².